The topological polar surface area (TPSA) is 59.8 Å². The van der Waals surface area contributed by atoms with Crippen LogP contribution in [0.1, 0.15) is 56.5 Å². The molecule has 1 aromatic carbocycles. The van der Waals surface area contributed by atoms with E-state index in [1.165, 1.54) is 30.2 Å². The Labute approximate surface area is 153 Å². The van der Waals surface area contributed by atoms with Gasteiger partial charge in [-0.15, -0.1) is 10.2 Å². The van der Waals surface area contributed by atoms with Crippen molar-refractivity contribution in [2.75, 3.05) is 6.54 Å². The summed E-state index contributed by atoms with van der Waals surface area (Å²) in [6.07, 6.45) is 3.37. The normalized spacial score (nSPS) is 16.4. The van der Waals surface area contributed by atoms with E-state index >= 15 is 0 Å². The Bertz CT molecular complexity index is 711. The molecule has 6 heteroatoms. The van der Waals surface area contributed by atoms with E-state index in [9.17, 15) is 4.79 Å². The second-order valence-electron chi connectivity index (χ2n) is 6.65. The lowest BCUT2D eigenvalue weighted by atomic mass is 9.96. The zero-order valence-electron chi connectivity index (χ0n) is 15.1. The Balaban J connectivity index is 1.56. The second kappa shape index (κ2) is 8.04. The van der Waals surface area contributed by atoms with Crippen LogP contribution in [0.15, 0.2) is 35.5 Å². The monoisotopic (exact) mass is 358 g/mol. The van der Waals surface area contributed by atoms with Crippen LogP contribution in [0.25, 0.3) is 0 Å². The molecule has 1 heterocycles. The summed E-state index contributed by atoms with van der Waals surface area (Å²) in [6, 6.07) is 10.9. The molecule has 134 valence electrons. The van der Waals surface area contributed by atoms with Gasteiger partial charge in [-0.2, -0.15) is 0 Å². The summed E-state index contributed by atoms with van der Waals surface area (Å²) in [5.74, 6) is 1.34. The minimum absolute atomic E-state index is 0.0578. The molecule has 25 heavy (non-hydrogen) atoms. The fourth-order valence-electron chi connectivity index (χ4n) is 2.99. The fourth-order valence-corrected chi connectivity index (χ4v) is 3.97. The number of rotatable bonds is 8. The van der Waals surface area contributed by atoms with Gasteiger partial charge < -0.3 is 9.88 Å². The lowest BCUT2D eigenvalue weighted by molar-refractivity contribution is -0.120. The predicted octanol–water partition coefficient (Wildman–Crippen LogP) is 3.71. The maximum Gasteiger partial charge on any atom is 0.233 e. The highest BCUT2D eigenvalue weighted by atomic mass is 32.2. The molecule has 1 aliphatic carbocycles. The van der Waals surface area contributed by atoms with E-state index in [1.807, 2.05) is 32.0 Å². The number of benzene rings is 1. The molecule has 5 nitrogen and oxygen atoms in total. The zero-order valence-corrected chi connectivity index (χ0v) is 15.9. The molecular formula is C19H26N4OS. The van der Waals surface area contributed by atoms with E-state index < -0.39 is 0 Å². The third-order valence-electron chi connectivity index (χ3n) is 4.68. The number of thioether (sulfide) groups is 1. The van der Waals surface area contributed by atoms with Crippen molar-refractivity contribution in [2.24, 2.45) is 0 Å². The van der Waals surface area contributed by atoms with Crippen molar-refractivity contribution in [3.05, 3.63) is 41.7 Å². The van der Waals surface area contributed by atoms with Crippen LogP contribution in [-0.4, -0.2) is 32.5 Å². The quantitative estimate of drug-likeness (QED) is 0.731. The number of amides is 1. The summed E-state index contributed by atoms with van der Waals surface area (Å²) in [4.78, 5) is 12.5. The average Bonchev–Trinajstić information content (AvgIpc) is 3.40. The summed E-state index contributed by atoms with van der Waals surface area (Å²) < 4.78 is 2.17. The Morgan fingerprint density at radius 2 is 2.04 bits per heavy atom. The first-order chi connectivity index (χ1) is 12.1. The molecule has 1 aliphatic rings. The molecule has 2 aromatic rings. The molecule has 1 aromatic heterocycles. The van der Waals surface area contributed by atoms with Gasteiger partial charge in [0.05, 0.1) is 5.25 Å². The van der Waals surface area contributed by atoms with Gasteiger partial charge in [0.2, 0.25) is 5.91 Å². The highest BCUT2D eigenvalue weighted by Crippen LogP contribution is 2.39. The summed E-state index contributed by atoms with van der Waals surface area (Å²) in [5.41, 5.74) is 1.27. The first-order valence-electron chi connectivity index (χ1n) is 9.01. The first-order valence-corrected chi connectivity index (χ1v) is 9.89. The minimum atomic E-state index is -0.186. The SMILES string of the molecule is CC[C@H](CNC(=O)[C@@H](C)Sc1nnc(C)n1C1CC1)c1ccccc1. The first kappa shape index (κ1) is 18.0. The number of nitrogens with zero attached hydrogens (tertiary/aromatic N) is 3. The molecule has 0 radical (unpaired) electrons. The van der Waals surface area contributed by atoms with Gasteiger partial charge in [0.1, 0.15) is 5.82 Å². The van der Waals surface area contributed by atoms with E-state index in [2.05, 4.69) is 39.1 Å². The van der Waals surface area contributed by atoms with Crippen molar-refractivity contribution in [1.29, 1.82) is 0 Å². The number of carbonyl (C=O) groups excluding carboxylic acids is 1. The smallest absolute Gasteiger partial charge is 0.233 e. The number of aromatic nitrogens is 3. The van der Waals surface area contributed by atoms with Crippen molar-refractivity contribution in [2.45, 2.75) is 62.4 Å². The van der Waals surface area contributed by atoms with Gasteiger partial charge in [-0.25, -0.2) is 0 Å². The largest absolute Gasteiger partial charge is 0.355 e. The van der Waals surface area contributed by atoms with Crippen LogP contribution in [0.5, 0.6) is 0 Å². The molecule has 1 fully saturated rings. The van der Waals surface area contributed by atoms with Crippen LogP contribution in [0, 0.1) is 6.92 Å². The number of hydrogen-bond acceptors (Lipinski definition) is 4. The summed E-state index contributed by atoms with van der Waals surface area (Å²) in [5, 5.41) is 12.2. The Morgan fingerprint density at radius 3 is 2.68 bits per heavy atom. The van der Waals surface area contributed by atoms with E-state index in [0.717, 1.165) is 17.4 Å². The molecular weight excluding hydrogens is 332 g/mol. The van der Waals surface area contributed by atoms with E-state index in [1.54, 1.807) is 0 Å². The van der Waals surface area contributed by atoms with Gasteiger partial charge in [-0.1, -0.05) is 49.0 Å². The minimum Gasteiger partial charge on any atom is -0.355 e. The number of aryl methyl sites for hydroxylation is 1. The second-order valence-corrected chi connectivity index (χ2v) is 7.96. The predicted molar refractivity (Wildman–Crippen MR) is 101 cm³/mol. The summed E-state index contributed by atoms with van der Waals surface area (Å²) in [6.45, 7) is 6.73. The standard InChI is InChI=1S/C19H26N4OS/c1-4-15(16-8-6-5-7-9-16)12-20-18(24)13(2)25-19-22-21-14(3)23(19)17-10-11-17/h5-9,13,15,17H,4,10-12H2,1-3H3,(H,20,24)/t13-,15-/m1/s1. The Morgan fingerprint density at radius 1 is 1.32 bits per heavy atom. The van der Waals surface area contributed by atoms with Gasteiger partial charge in [-0.3, -0.25) is 4.79 Å². The van der Waals surface area contributed by atoms with Gasteiger partial charge in [0.15, 0.2) is 5.16 Å². The Hall–Kier alpha value is -1.82. The van der Waals surface area contributed by atoms with Crippen LogP contribution in [0.4, 0.5) is 0 Å². The number of carbonyl (C=O) groups is 1. The van der Waals surface area contributed by atoms with Crippen molar-refractivity contribution in [3.63, 3.8) is 0 Å². The van der Waals surface area contributed by atoms with E-state index in [4.69, 9.17) is 0 Å². The number of hydrogen-bond donors (Lipinski definition) is 1. The average molecular weight is 359 g/mol. The zero-order chi connectivity index (χ0) is 17.8. The Kier molecular flexibility index (Phi) is 5.78. The van der Waals surface area contributed by atoms with Crippen LogP contribution >= 0.6 is 11.8 Å². The van der Waals surface area contributed by atoms with E-state index in [0.29, 0.717) is 18.5 Å². The molecule has 0 unspecified atom stereocenters. The molecule has 1 N–H and O–H groups in total. The van der Waals surface area contributed by atoms with Crippen LogP contribution < -0.4 is 5.32 Å². The van der Waals surface area contributed by atoms with Gasteiger partial charge >= 0.3 is 0 Å². The molecule has 1 amide bonds. The van der Waals surface area contributed by atoms with Crippen molar-refractivity contribution < 1.29 is 4.79 Å². The molecule has 3 rings (SSSR count). The maximum absolute atomic E-state index is 12.5. The number of nitrogens with one attached hydrogen (secondary N) is 1. The van der Waals surface area contributed by atoms with Crippen molar-refractivity contribution in [1.82, 2.24) is 20.1 Å². The van der Waals surface area contributed by atoms with Gasteiger partial charge in [0.25, 0.3) is 0 Å². The fraction of sp³-hybridized carbons (Fsp3) is 0.526. The van der Waals surface area contributed by atoms with Crippen LogP contribution in [0.2, 0.25) is 0 Å². The molecule has 1 saturated carbocycles. The third kappa shape index (κ3) is 4.42. The van der Waals surface area contributed by atoms with Crippen molar-refractivity contribution in [3.8, 4) is 0 Å². The van der Waals surface area contributed by atoms with Crippen LogP contribution in [0.3, 0.4) is 0 Å². The van der Waals surface area contributed by atoms with Crippen LogP contribution in [-0.2, 0) is 4.79 Å². The van der Waals surface area contributed by atoms with Crippen molar-refractivity contribution >= 4 is 17.7 Å². The van der Waals surface area contributed by atoms with Gasteiger partial charge in [0, 0.05) is 18.5 Å². The summed E-state index contributed by atoms with van der Waals surface area (Å²) >= 11 is 1.50. The third-order valence-corrected chi connectivity index (χ3v) is 5.74. The maximum atomic E-state index is 12.5. The molecule has 0 spiro atoms. The molecule has 0 aliphatic heterocycles. The highest BCUT2D eigenvalue weighted by molar-refractivity contribution is 8.00. The molecule has 0 saturated heterocycles. The van der Waals surface area contributed by atoms with E-state index in [-0.39, 0.29) is 11.2 Å². The molecule has 0 bridgehead atoms. The lowest BCUT2D eigenvalue weighted by Gasteiger charge is -2.18. The lowest BCUT2D eigenvalue weighted by Crippen LogP contribution is -2.34. The highest BCUT2D eigenvalue weighted by Gasteiger charge is 2.29. The van der Waals surface area contributed by atoms with Gasteiger partial charge in [-0.05, 0) is 38.7 Å². The summed E-state index contributed by atoms with van der Waals surface area (Å²) in [7, 11) is 0. The molecule has 2 atom stereocenters.